The van der Waals surface area contributed by atoms with E-state index in [9.17, 15) is 14.4 Å². The van der Waals surface area contributed by atoms with Crippen LogP contribution in [0.15, 0.2) is 53.6 Å². The molecular formula is C36H52O8Si. The van der Waals surface area contributed by atoms with Crippen molar-refractivity contribution in [2.75, 3.05) is 14.2 Å². The average Bonchev–Trinajstić information content (AvgIpc) is 3.35. The second-order valence-electron chi connectivity index (χ2n) is 15.1. The lowest BCUT2D eigenvalue weighted by atomic mass is 9.58. The summed E-state index contributed by atoms with van der Waals surface area (Å²) >= 11 is 0. The maximum Gasteiger partial charge on any atom is 0.323 e. The molecule has 0 saturated carbocycles. The quantitative estimate of drug-likeness (QED) is 0.144. The lowest BCUT2D eigenvalue weighted by Gasteiger charge is -2.54. The predicted octanol–water partition coefficient (Wildman–Crippen LogP) is 7.25. The van der Waals surface area contributed by atoms with E-state index >= 15 is 0 Å². The lowest BCUT2D eigenvalue weighted by Crippen LogP contribution is -2.59. The molecule has 3 aliphatic rings. The second-order valence-corrected chi connectivity index (χ2v) is 19.9. The van der Waals surface area contributed by atoms with Crippen LogP contribution >= 0.6 is 0 Å². The first-order valence-corrected chi connectivity index (χ1v) is 18.9. The van der Waals surface area contributed by atoms with Gasteiger partial charge in [-0.25, -0.2) is 0 Å². The molecule has 2 bridgehead atoms. The Morgan fingerprint density at radius 3 is 2.16 bits per heavy atom. The Kier molecular flexibility index (Phi) is 9.83. The van der Waals surface area contributed by atoms with Gasteiger partial charge in [-0.05, 0) is 43.5 Å². The monoisotopic (exact) mass is 640 g/mol. The molecule has 2 aliphatic carbocycles. The molecule has 5 atom stereocenters. The van der Waals surface area contributed by atoms with Crippen LogP contribution in [0.2, 0.25) is 18.1 Å². The van der Waals surface area contributed by atoms with Gasteiger partial charge in [0.1, 0.15) is 17.5 Å². The molecule has 0 unspecified atom stereocenters. The third-order valence-corrected chi connectivity index (χ3v) is 15.6. The molecule has 1 heterocycles. The second kappa shape index (κ2) is 12.5. The van der Waals surface area contributed by atoms with Crippen LogP contribution in [0.5, 0.6) is 0 Å². The number of ketones is 1. The van der Waals surface area contributed by atoms with Crippen LogP contribution in [0.4, 0.5) is 0 Å². The fourth-order valence-corrected chi connectivity index (χ4v) is 8.40. The van der Waals surface area contributed by atoms with Crippen LogP contribution in [0, 0.1) is 16.7 Å². The molecule has 1 aromatic carbocycles. The third-order valence-electron chi connectivity index (χ3n) is 11.1. The number of esters is 2. The molecule has 0 aromatic heterocycles. The number of methoxy groups -OCH3 is 2. The van der Waals surface area contributed by atoms with Gasteiger partial charge >= 0.3 is 11.9 Å². The van der Waals surface area contributed by atoms with Gasteiger partial charge in [0.05, 0.1) is 20.3 Å². The number of carbonyl (C=O) groups is 3. The summed E-state index contributed by atoms with van der Waals surface area (Å²) in [5, 5.41) is -0.0250. The highest BCUT2D eigenvalue weighted by Gasteiger charge is 2.63. The zero-order valence-electron chi connectivity index (χ0n) is 28.9. The van der Waals surface area contributed by atoms with Crippen molar-refractivity contribution in [3.8, 4) is 0 Å². The number of Topliss-reactive ketones (excluding diaryl/α,β-unsaturated/α-hetero) is 1. The van der Waals surface area contributed by atoms with Crippen LogP contribution in [0.25, 0.3) is 0 Å². The smallest absolute Gasteiger partial charge is 0.323 e. The topological polar surface area (TPSA) is 97.4 Å². The maximum absolute atomic E-state index is 14.1. The van der Waals surface area contributed by atoms with Gasteiger partial charge in [0.15, 0.2) is 20.0 Å². The Hall–Kier alpha value is -2.59. The first kappa shape index (κ1) is 35.3. The summed E-state index contributed by atoms with van der Waals surface area (Å²) in [5.41, 5.74) is -0.359. The summed E-state index contributed by atoms with van der Waals surface area (Å²) in [7, 11) is 0.247. The van der Waals surface area contributed by atoms with E-state index in [-0.39, 0.29) is 36.2 Å². The Labute approximate surface area is 270 Å². The Bertz CT molecular complexity index is 1340. The zero-order chi connectivity index (χ0) is 33.6. The first-order valence-electron chi connectivity index (χ1n) is 16.0. The summed E-state index contributed by atoms with van der Waals surface area (Å²) in [5.74, 6) is -2.15. The molecule has 45 heavy (non-hydrogen) atoms. The van der Waals surface area contributed by atoms with E-state index in [0.29, 0.717) is 6.42 Å². The summed E-state index contributed by atoms with van der Waals surface area (Å²) < 4.78 is 31.2. The molecule has 1 aromatic rings. The largest absolute Gasteiger partial charge is 0.468 e. The van der Waals surface area contributed by atoms with Crippen LogP contribution in [-0.2, 0) is 37.8 Å². The number of allylic oxidation sites excluding steroid dienone is 1. The van der Waals surface area contributed by atoms with E-state index < -0.39 is 55.0 Å². The van der Waals surface area contributed by atoms with Gasteiger partial charge in [-0.15, -0.1) is 0 Å². The van der Waals surface area contributed by atoms with E-state index in [2.05, 4.69) is 54.6 Å². The highest BCUT2D eigenvalue weighted by atomic mass is 28.4. The van der Waals surface area contributed by atoms with Crippen molar-refractivity contribution in [1.82, 2.24) is 0 Å². The van der Waals surface area contributed by atoms with Crippen molar-refractivity contribution < 1.29 is 37.8 Å². The summed E-state index contributed by atoms with van der Waals surface area (Å²) in [6, 6.07) is 9.80. The minimum Gasteiger partial charge on any atom is -0.468 e. The Balaban J connectivity index is 1.95. The standard InChI is InChI=1S/C36H52O8Si/c1-23-21-35(31(38)40-8,32(39)41-9)19-15-18-29-36(43-30(42-29)25-16-13-12-14-17-25)22-28(44-45(10,11)33(3,4)5)24(2)26(20-27(23)37)34(36,6)7/h12-18,23,28-30H,19-22H2,1-11H3/b18-15-/t23-,28+,29-,30-,36+/m0/s1. The highest BCUT2D eigenvalue weighted by molar-refractivity contribution is 6.74. The molecule has 0 radical (unpaired) electrons. The molecule has 1 aliphatic heterocycles. The van der Waals surface area contributed by atoms with Crippen LogP contribution in [0.3, 0.4) is 0 Å². The van der Waals surface area contributed by atoms with E-state index in [1.165, 1.54) is 14.2 Å². The summed E-state index contributed by atoms with van der Waals surface area (Å²) in [4.78, 5) is 40.7. The van der Waals surface area contributed by atoms with Gasteiger partial charge in [-0.3, -0.25) is 14.4 Å². The van der Waals surface area contributed by atoms with Crippen molar-refractivity contribution in [1.29, 1.82) is 0 Å². The number of ether oxygens (including phenoxy) is 4. The molecule has 1 spiro atoms. The van der Waals surface area contributed by atoms with Gasteiger partial charge in [-0.1, -0.05) is 89.6 Å². The van der Waals surface area contributed by atoms with Crippen molar-refractivity contribution in [2.24, 2.45) is 16.7 Å². The van der Waals surface area contributed by atoms with Crippen LogP contribution < -0.4 is 0 Å². The number of fused-ring (bicyclic) bond motifs is 1. The SMILES string of the molecule is COC(=O)C1(C(=O)OC)C/C=C\[C@@H]2O[C@H](c3ccccc3)O[C@]23C[C@@H](O[Si](C)(C)C(C)(C)C)C(C)=C(CC(=O)[C@@H](C)C1)C3(C)C. The summed E-state index contributed by atoms with van der Waals surface area (Å²) in [6.07, 6.45) is 2.79. The van der Waals surface area contributed by atoms with Crippen molar-refractivity contribution in [2.45, 2.75) is 116 Å². The minimum absolute atomic E-state index is 0.0119. The molecule has 8 nitrogen and oxygen atoms in total. The molecule has 9 heteroatoms. The van der Waals surface area contributed by atoms with Crippen LogP contribution in [-0.4, -0.2) is 58.1 Å². The zero-order valence-corrected chi connectivity index (χ0v) is 29.9. The summed E-state index contributed by atoms with van der Waals surface area (Å²) in [6.45, 7) is 19.3. The molecule has 248 valence electrons. The fourth-order valence-electron chi connectivity index (χ4n) is 7.07. The number of benzene rings is 1. The number of carbonyl (C=O) groups excluding carboxylic acids is 3. The number of rotatable bonds is 5. The molecule has 4 rings (SSSR count). The van der Waals surface area contributed by atoms with Gasteiger partial charge in [-0.2, -0.15) is 0 Å². The van der Waals surface area contributed by atoms with Gasteiger partial charge in [0.2, 0.25) is 0 Å². The van der Waals surface area contributed by atoms with Gasteiger partial charge < -0.3 is 23.4 Å². The average molecular weight is 641 g/mol. The molecule has 0 amide bonds. The molecule has 0 N–H and O–H groups in total. The maximum atomic E-state index is 14.1. The Morgan fingerprint density at radius 2 is 1.60 bits per heavy atom. The van der Waals surface area contributed by atoms with Gasteiger partial charge in [0.25, 0.3) is 0 Å². The number of hydrogen-bond donors (Lipinski definition) is 0. The van der Waals surface area contributed by atoms with Crippen molar-refractivity contribution >= 4 is 26.0 Å². The van der Waals surface area contributed by atoms with E-state index in [0.717, 1.165) is 16.7 Å². The van der Waals surface area contributed by atoms with Crippen molar-refractivity contribution in [3.63, 3.8) is 0 Å². The highest BCUT2D eigenvalue weighted by Crippen LogP contribution is 2.60. The minimum atomic E-state index is -2.25. The van der Waals surface area contributed by atoms with Gasteiger partial charge in [0, 0.05) is 29.7 Å². The molecule has 1 fully saturated rings. The lowest BCUT2D eigenvalue weighted by molar-refractivity contribution is -0.170. The number of hydrogen-bond acceptors (Lipinski definition) is 8. The van der Waals surface area contributed by atoms with E-state index in [4.69, 9.17) is 23.4 Å². The normalized spacial score (nSPS) is 30.9. The van der Waals surface area contributed by atoms with Crippen molar-refractivity contribution in [3.05, 3.63) is 59.2 Å². The molecule has 1 saturated heterocycles. The fraction of sp³-hybridized carbons (Fsp3) is 0.639. The third kappa shape index (κ3) is 6.13. The van der Waals surface area contributed by atoms with E-state index in [1.54, 1.807) is 13.0 Å². The first-order chi connectivity index (χ1) is 20.9. The Morgan fingerprint density at radius 1 is 1.00 bits per heavy atom. The van der Waals surface area contributed by atoms with Crippen LogP contribution in [0.1, 0.15) is 86.0 Å². The van der Waals surface area contributed by atoms with E-state index in [1.807, 2.05) is 36.4 Å². The predicted molar refractivity (Wildman–Crippen MR) is 175 cm³/mol. The molecular weight excluding hydrogens is 588 g/mol.